The molecule has 4 nitrogen and oxygen atoms in total. The number of benzene rings is 2. The molecule has 1 unspecified atom stereocenters. The lowest BCUT2D eigenvalue weighted by molar-refractivity contribution is -0.138. The van der Waals surface area contributed by atoms with Gasteiger partial charge in [-0.15, -0.1) is 0 Å². The van der Waals surface area contributed by atoms with Crippen molar-refractivity contribution >= 4 is 12.2 Å². The number of aromatic hydroxyl groups is 1. The van der Waals surface area contributed by atoms with Gasteiger partial charge in [-0.2, -0.15) is 0 Å². The molecule has 0 fully saturated rings. The third kappa shape index (κ3) is 3.95. The summed E-state index contributed by atoms with van der Waals surface area (Å²) in [6.07, 6.45) is 1.86. The molecule has 4 heteroatoms. The summed E-state index contributed by atoms with van der Waals surface area (Å²) >= 11 is 0. The van der Waals surface area contributed by atoms with Crippen LogP contribution in [-0.2, 0) is 11.2 Å². The summed E-state index contributed by atoms with van der Waals surface area (Å²) in [7, 11) is 0. The van der Waals surface area contributed by atoms with Gasteiger partial charge in [0.1, 0.15) is 5.75 Å². The molecular weight excluding hydrogens is 254 g/mol. The zero-order valence-electron chi connectivity index (χ0n) is 10.8. The van der Waals surface area contributed by atoms with Crippen molar-refractivity contribution < 1.29 is 15.0 Å². The van der Waals surface area contributed by atoms with Gasteiger partial charge in [-0.1, -0.05) is 42.5 Å². The Bertz CT molecular complexity index is 591. The van der Waals surface area contributed by atoms with Gasteiger partial charge in [0.15, 0.2) is 6.04 Å². The summed E-state index contributed by atoms with van der Waals surface area (Å²) < 4.78 is 0. The molecular formula is C16H15NO3. The van der Waals surface area contributed by atoms with E-state index in [9.17, 15) is 15.0 Å². The normalized spacial score (nSPS) is 12.4. The zero-order valence-corrected chi connectivity index (χ0v) is 10.8. The third-order valence-electron chi connectivity index (χ3n) is 2.85. The summed E-state index contributed by atoms with van der Waals surface area (Å²) in [5, 5.41) is 18.4. The van der Waals surface area contributed by atoms with Crippen LogP contribution in [0.4, 0.5) is 0 Å². The number of phenolic OH excluding ortho intramolecular Hbond substituents is 1. The second kappa shape index (κ2) is 6.52. The summed E-state index contributed by atoms with van der Waals surface area (Å²) in [5.41, 5.74) is 1.69. The number of hydrogen-bond acceptors (Lipinski definition) is 3. The average Bonchev–Trinajstić information content (AvgIpc) is 2.46. The number of hydrogen-bond donors (Lipinski definition) is 2. The molecule has 1 atom stereocenters. The fourth-order valence-corrected chi connectivity index (χ4v) is 1.77. The summed E-state index contributed by atoms with van der Waals surface area (Å²) in [6, 6.07) is 15.0. The van der Waals surface area contributed by atoms with E-state index in [-0.39, 0.29) is 5.75 Å². The van der Waals surface area contributed by atoms with E-state index in [1.54, 1.807) is 18.3 Å². The Hall–Kier alpha value is -2.62. The maximum absolute atomic E-state index is 11.2. The van der Waals surface area contributed by atoms with Gasteiger partial charge in [-0.3, -0.25) is 4.99 Å². The Balaban J connectivity index is 2.10. The van der Waals surface area contributed by atoms with E-state index in [0.717, 1.165) is 11.1 Å². The summed E-state index contributed by atoms with van der Waals surface area (Å²) in [6.45, 7) is 0. The highest BCUT2D eigenvalue weighted by Crippen LogP contribution is 2.12. The van der Waals surface area contributed by atoms with Crippen LogP contribution in [0.1, 0.15) is 11.1 Å². The monoisotopic (exact) mass is 269 g/mol. The maximum atomic E-state index is 11.2. The molecule has 0 spiro atoms. The number of carbonyl (C=O) groups is 1. The van der Waals surface area contributed by atoms with Gasteiger partial charge in [-0.25, -0.2) is 4.79 Å². The zero-order chi connectivity index (χ0) is 14.4. The number of aliphatic imine (C=N–C) groups is 1. The Morgan fingerprint density at radius 1 is 1.10 bits per heavy atom. The predicted octanol–water partition coefficient (Wildman–Crippen LogP) is 2.51. The minimum atomic E-state index is -0.967. The number of carboxylic acid groups (broad SMARTS) is 1. The van der Waals surface area contributed by atoms with Crippen LogP contribution in [0.25, 0.3) is 0 Å². The van der Waals surface area contributed by atoms with Crippen LogP contribution in [0.3, 0.4) is 0 Å². The Morgan fingerprint density at radius 3 is 2.35 bits per heavy atom. The largest absolute Gasteiger partial charge is 0.508 e. The highest BCUT2D eigenvalue weighted by Gasteiger charge is 2.15. The maximum Gasteiger partial charge on any atom is 0.328 e. The van der Waals surface area contributed by atoms with Gasteiger partial charge in [0.2, 0.25) is 0 Å². The van der Waals surface area contributed by atoms with Crippen molar-refractivity contribution in [1.29, 1.82) is 0 Å². The number of phenols is 1. The van der Waals surface area contributed by atoms with Crippen molar-refractivity contribution in [3.05, 3.63) is 65.7 Å². The first-order valence-electron chi connectivity index (χ1n) is 6.24. The van der Waals surface area contributed by atoms with E-state index in [0.29, 0.717) is 6.42 Å². The molecule has 0 heterocycles. The molecule has 0 aliphatic heterocycles. The smallest absolute Gasteiger partial charge is 0.328 e. The van der Waals surface area contributed by atoms with Crippen LogP contribution >= 0.6 is 0 Å². The Morgan fingerprint density at radius 2 is 1.75 bits per heavy atom. The minimum Gasteiger partial charge on any atom is -0.508 e. The van der Waals surface area contributed by atoms with E-state index in [1.165, 1.54) is 12.1 Å². The lowest BCUT2D eigenvalue weighted by atomic mass is 10.1. The van der Waals surface area contributed by atoms with E-state index in [2.05, 4.69) is 4.99 Å². The minimum absolute atomic E-state index is 0.161. The molecule has 2 rings (SSSR count). The molecule has 0 amide bonds. The van der Waals surface area contributed by atoms with Gasteiger partial charge in [0, 0.05) is 12.6 Å². The molecule has 0 bridgehead atoms. The predicted molar refractivity (Wildman–Crippen MR) is 77.3 cm³/mol. The average molecular weight is 269 g/mol. The van der Waals surface area contributed by atoms with E-state index in [1.807, 2.05) is 30.3 Å². The van der Waals surface area contributed by atoms with Crippen LogP contribution in [0, 0.1) is 0 Å². The van der Waals surface area contributed by atoms with Crippen LogP contribution in [0.15, 0.2) is 59.6 Å². The molecule has 20 heavy (non-hydrogen) atoms. The van der Waals surface area contributed by atoms with Crippen molar-refractivity contribution in [2.45, 2.75) is 12.5 Å². The van der Waals surface area contributed by atoms with Crippen molar-refractivity contribution in [2.24, 2.45) is 4.99 Å². The topological polar surface area (TPSA) is 69.9 Å². The van der Waals surface area contributed by atoms with Crippen LogP contribution in [0.5, 0.6) is 5.75 Å². The molecule has 2 N–H and O–H groups in total. The number of carboxylic acids is 1. The Labute approximate surface area is 117 Å². The van der Waals surface area contributed by atoms with Gasteiger partial charge in [-0.05, 0) is 23.3 Å². The van der Waals surface area contributed by atoms with Crippen molar-refractivity contribution in [3.8, 4) is 5.75 Å². The lowest BCUT2D eigenvalue weighted by Crippen LogP contribution is -2.20. The number of aliphatic carboxylic acids is 1. The fourth-order valence-electron chi connectivity index (χ4n) is 1.77. The molecule has 0 aromatic heterocycles. The molecule has 2 aromatic rings. The van der Waals surface area contributed by atoms with Gasteiger partial charge in [0.25, 0.3) is 0 Å². The molecule has 0 aliphatic carbocycles. The summed E-state index contributed by atoms with van der Waals surface area (Å²) in [4.78, 5) is 15.4. The second-order valence-electron chi connectivity index (χ2n) is 4.41. The molecule has 2 aromatic carbocycles. The highest BCUT2D eigenvalue weighted by molar-refractivity contribution is 5.83. The number of rotatable bonds is 5. The molecule has 0 aliphatic rings. The van der Waals surface area contributed by atoms with E-state index < -0.39 is 12.0 Å². The molecule has 102 valence electrons. The SMILES string of the molecule is O=C(O)C(Cc1ccc(O)cc1)/N=C/c1ccccc1. The first-order valence-corrected chi connectivity index (χ1v) is 6.24. The first-order chi connectivity index (χ1) is 9.65. The van der Waals surface area contributed by atoms with Crippen molar-refractivity contribution in [3.63, 3.8) is 0 Å². The third-order valence-corrected chi connectivity index (χ3v) is 2.85. The Kier molecular flexibility index (Phi) is 4.50. The van der Waals surface area contributed by atoms with Gasteiger partial charge in [0.05, 0.1) is 0 Å². The highest BCUT2D eigenvalue weighted by atomic mass is 16.4. The van der Waals surface area contributed by atoms with E-state index in [4.69, 9.17) is 0 Å². The lowest BCUT2D eigenvalue weighted by Gasteiger charge is -2.07. The quantitative estimate of drug-likeness (QED) is 0.819. The van der Waals surface area contributed by atoms with Gasteiger partial charge >= 0.3 is 5.97 Å². The van der Waals surface area contributed by atoms with Crippen LogP contribution < -0.4 is 0 Å². The second-order valence-corrected chi connectivity index (χ2v) is 4.41. The first kappa shape index (κ1) is 13.8. The van der Waals surface area contributed by atoms with Crippen LogP contribution in [-0.4, -0.2) is 28.4 Å². The van der Waals surface area contributed by atoms with E-state index >= 15 is 0 Å². The molecule has 0 saturated carbocycles. The van der Waals surface area contributed by atoms with Crippen LogP contribution in [0.2, 0.25) is 0 Å². The standard InChI is InChI=1S/C16H15NO3/c18-14-8-6-12(7-9-14)10-15(16(19)20)17-11-13-4-2-1-3-5-13/h1-9,11,15,18H,10H2,(H,19,20)/b17-11+. The van der Waals surface area contributed by atoms with Gasteiger partial charge < -0.3 is 10.2 Å². The fraction of sp³-hybridized carbons (Fsp3) is 0.125. The number of nitrogens with zero attached hydrogens (tertiary/aromatic N) is 1. The molecule has 0 radical (unpaired) electrons. The van der Waals surface area contributed by atoms with Crippen molar-refractivity contribution in [2.75, 3.05) is 0 Å². The van der Waals surface area contributed by atoms with Crippen molar-refractivity contribution in [1.82, 2.24) is 0 Å². The summed E-state index contributed by atoms with van der Waals surface area (Å²) in [5.74, 6) is -0.807. The molecule has 0 saturated heterocycles.